The molecular weight excluding hydrogens is 302 g/mol. The van der Waals surface area contributed by atoms with Crippen molar-refractivity contribution in [1.82, 2.24) is 4.31 Å². The summed E-state index contributed by atoms with van der Waals surface area (Å²) in [7, 11) is -3.29. The quantitative estimate of drug-likeness (QED) is 0.854. The van der Waals surface area contributed by atoms with Crippen LogP contribution in [-0.4, -0.2) is 42.9 Å². The maximum Gasteiger partial charge on any atom is 0.214 e. The average molecular weight is 323 g/mol. The summed E-state index contributed by atoms with van der Waals surface area (Å²) >= 11 is 0. The van der Waals surface area contributed by atoms with E-state index in [9.17, 15) is 13.2 Å². The van der Waals surface area contributed by atoms with Gasteiger partial charge in [0.1, 0.15) is 11.4 Å². The number of sulfonamides is 1. The molecule has 1 fully saturated rings. The van der Waals surface area contributed by atoms with Crippen LogP contribution >= 0.6 is 0 Å². The van der Waals surface area contributed by atoms with Gasteiger partial charge in [-0.25, -0.2) is 8.42 Å². The number of fused-ring (bicyclic) bond motifs is 1. The van der Waals surface area contributed by atoms with Gasteiger partial charge in [0.15, 0.2) is 5.78 Å². The molecule has 5 nitrogen and oxygen atoms in total. The number of carbonyl (C=O) groups is 1. The zero-order chi connectivity index (χ0) is 16.0. The highest BCUT2D eigenvalue weighted by atomic mass is 32.2. The van der Waals surface area contributed by atoms with Crippen molar-refractivity contribution >= 4 is 15.8 Å². The number of benzene rings is 1. The highest BCUT2D eigenvalue weighted by Crippen LogP contribution is 2.39. The van der Waals surface area contributed by atoms with Gasteiger partial charge < -0.3 is 4.74 Å². The molecule has 0 aromatic heterocycles. The number of rotatable bonds is 3. The second-order valence-electron chi connectivity index (χ2n) is 6.64. The molecule has 0 N–H and O–H groups in total. The maximum atomic E-state index is 12.4. The zero-order valence-corrected chi connectivity index (χ0v) is 13.7. The lowest BCUT2D eigenvalue weighted by atomic mass is 9.89. The molecule has 0 amide bonds. The molecule has 0 aliphatic carbocycles. The van der Waals surface area contributed by atoms with Crippen molar-refractivity contribution in [3.05, 3.63) is 29.8 Å². The molecule has 1 saturated heterocycles. The standard InChI is InChI=1S/C16H21NO4S/c1-12(2)10-22(19,20)17-8-7-16(11-17)9-14(18)13-5-3-4-6-15(13)21-16/h3-6,12H,7-11H2,1-2H3. The second-order valence-corrected chi connectivity index (χ2v) is 8.65. The van der Waals surface area contributed by atoms with Gasteiger partial charge >= 0.3 is 0 Å². The van der Waals surface area contributed by atoms with Crippen LogP contribution in [0.3, 0.4) is 0 Å². The van der Waals surface area contributed by atoms with Crippen molar-refractivity contribution in [2.75, 3.05) is 18.8 Å². The first kappa shape index (κ1) is 15.5. The summed E-state index contributed by atoms with van der Waals surface area (Å²) in [6, 6.07) is 7.17. The summed E-state index contributed by atoms with van der Waals surface area (Å²) in [6.45, 7) is 4.47. The molecule has 3 rings (SSSR count). The van der Waals surface area contributed by atoms with E-state index >= 15 is 0 Å². The van der Waals surface area contributed by atoms with E-state index in [1.54, 1.807) is 12.1 Å². The molecule has 2 aliphatic heterocycles. The highest BCUT2D eigenvalue weighted by Gasteiger charge is 2.48. The molecule has 1 atom stereocenters. The molecule has 1 unspecified atom stereocenters. The van der Waals surface area contributed by atoms with Crippen molar-refractivity contribution in [1.29, 1.82) is 0 Å². The van der Waals surface area contributed by atoms with Crippen LogP contribution < -0.4 is 4.74 Å². The topological polar surface area (TPSA) is 63.7 Å². The molecule has 1 aromatic carbocycles. The van der Waals surface area contributed by atoms with Crippen molar-refractivity contribution in [2.45, 2.75) is 32.3 Å². The minimum Gasteiger partial charge on any atom is -0.485 e. The summed E-state index contributed by atoms with van der Waals surface area (Å²) in [5.41, 5.74) is -0.105. The first-order chi connectivity index (χ1) is 10.3. The number of carbonyl (C=O) groups excluding carboxylic acids is 1. The summed E-state index contributed by atoms with van der Waals surface area (Å²) in [5.74, 6) is 0.816. The number of nitrogens with zero attached hydrogens (tertiary/aromatic N) is 1. The lowest BCUT2D eigenvalue weighted by Crippen LogP contribution is -2.45. The summed E-state index contributed by atoms with van der Waals surface area (Å²) in [5, 5.41) is 0. The van der Waals surface area contributed by atoms with E-state index in [0.29, 0.717) is 24.3 Å². The normalized spacial score (nSPS) is 25.5. The van der Waals surface area contributed by atoms with Crippen LogP contribution in [0.5, 0.6) is 5.75 Å². The van der Waals surface area contributed by atoms with Gasteiger partial charge in [0.05, 0.1) is 24.3 Å². The van der Waals surface area contributed by atoms with E-state index in [1.807, 2.05) is 26.0 Å². The number of ether oxygens (including phenoxy) is 1. The minimum absolute atomic E-state index is 0.0324. The Balaban J connectivity index is 1.82. The fourth-order valence-corrected chi connectivity index (χ4v) is 5.10. The van der Waals surface area contributed by atoms with E-state index in [4.69, 9.17) is 4.74 Å². The first-order valence-electron chi connectivity index (χ1n) is 7.60. The molecule has 1 spiro atoms. The zero-order valence-electron chi connectivity index (χ0n) is 12.9. The predicted molar refractivity (Wildman–Crippen MR) is 83.6 cm³/mol. The molecular formula is C16H21NO4S. The number of Topliss-reactive ketones (excluding diaryl/α,β-unsaturated/α-hetero) is 1. The highest BCUT2D eigenvalue weighted by molar-refractivity contribution is 7.89. The average Bonchev–Trinajstić information content (AvgIpc) is 2.81. The SMILES string of the molecule is CC(C)CS(=O)(=O)N1CCC2(CC(=O)c3ccccc3O2)C1. The lowest BCUT2D eigenvalue weighted by Gasteiger charge is -2.34. The molecule has 0 bridgehead atoms. The van der Waals surface area contributed by atoms with Gasteiger partial charge in [0.25, 0.3) is 0 Å². The monoisotopic (exact) mass is 323 g/mol. The fraction of sp³-hybridized carbons (Fsp3) is 0.562. The Labute approximate surface area is 131 Å². The van der Waals surface area contributed by atoms with E-state index in [-0.39, 0.29) is 30.4 Å². The second kappa shape index (κ2) is 5.35. The van der Waals surface area contributed by atoms with Gasteiger partial charge in [0, 0.05) is 13.0 Å². The molecule has 120 valence electrons. The summed E-state index contributed by atoms with van der Waals surface area (Å²) < 4.78 is 32.3. The van der Waals surface area contributed by atoms with E-state index < -0.39 is 15.6 Å². The molecule has 1 aromatic rings. The molecule has 2 heterocycles. The van der Waals surface area contributed by atoms with Crippen molar-refractivity contribution in [2.24, 2.45) is 5.92 Å². The molecule has 22 heavy (non-hydrogen) atoms. The lowest BCUT2D eigenvalue weighted by molar-refractivity contribution is 0.0498. The Bertz CT molecular complexity index is 698. The molecule has 0 radical (unpaired) electrons. The Morgan fingerprint density at radius 3 is 2.77 bits per heavy atom. The third-order valence-electron chi connectivity index (χ3n) is 4.22. The van der Waals surface area contributed by atoms with Gasteiger partial charge in [-0.05, 0) is 18.1 Å². The molecule has 6 heteroatoms. The van der Waals surface area contributed by atoms with Gasteiger partial charge in [-0.1, -0.05) is 26.0 Å². The van der Waals surface area contributed by atoms with Crippen LogP contribution in [0.2, 0.25) is 0 Å². The van der Waals surface area contributed by atoms with E-state index in [1.165, 1.54) is 4.31 Å². The Morgan fingerprint density at radius 2 is 2.05 bits per heavy atom. The van der Waals surface area contributed by atoms with Crippen LogP contribution in [0.15, 0.2) is 24.3 Å². The predicted octanol–water partition coefficient (Wildman–Crippen LogP) is 2.08. The Kier molecular flexibility index (Phi) is 3.77. The van der Waals surface area contributed by atoms with Crippen molar-refractivity contribution < 1.29 is 17.9 Å². The largest absolute Gasteiger partial charge is 0.485 e. The Hall–Kier alpha value is -1.40. The summed E-state index contributed by atoms with van der Waals surface area (Å²) in [6.07, 6.45) is 0.808. The minimum atomic E-state index is -3.29. The molecule has 0 saturated carbocycles. The van der Waals surface area contributed by atoms with Crippen LogP contribution in [0.1, 0.15) is 37.0 Å². The number of hydrogen-bond acceptors (Lipinski definition) is 4. The number of hydrogen-bond donors (Lipinski definition) is 0. The van der Waals surface area contributed by atoms with E-state index in [0.717, 1.165) is 0 Å². The third-order valence-corrected chi connectivity index (χ3v) is 6.40. The van der Waals surface area contributed by atoms with Gasteiger partial charge in [-0.15, -0.1) is 0 Å². The smallest absolute Gasteiger partial charge is 0.214 e. The first-order valence-corrected chi connectivity index (χ1v) is 9.21. The molecule has 2 aliphatic rings. The van der Waals surface area contributed by atoms with Gasteiger partial charge in [-0.2, -0.15) is 4.31 Å². The van der Waals surface area contributed by atoms with Crippen molar-refractivity contribution in [3.63, 3.8) is 0 Å². The van der Waals surface area contributed by atoms with Crippen LogP contribution in [0, 0.1) is 5.92 Å². The third kappa shape index (κ3) is 2.77. The fourth-order valence-electron chi connectivity index (χ4n) is 3.24. The maximum absolute atomic E-state index is 12.4. The van der Waals surface area contributed by atoms with E-state index in [2.05, 4.69) is 0 Å². The van der Waals surface area contributed by atoms with Gasteiger partial charge in [-0.3, -0.25) is 4.79 Å². The number of para-hydroxylation sites is 1. The van der Waals surface area contributed by atoms with Crippen LogP contribution in [0.25, 0.3) is 0 Å². The summed E-state index contributed by atoms with van der Waals surface area (Å²) in [4.78, 5) is 12.3. The Morgan fingerprint density at radius 1 is 1.32 bits per heavy atom. The van der Waals surface area contributed by atoms with Crippen molar-refractivity contribution in [3.8, 4) is 5.75 Å². The number of ketones is 1. The van der Waals surface area contributed by atoms with Crippen LogP contribution in [0.4, 0.5) is 0 Å². The van der Waals surface area contributed by atoms with Crippen LogP contribution in [-0.2, 0) is 10.0 Å². The van der Waals surface area contributed by atoms with Gasteiger partial charge in [0.2, 0.25) is 10.0 Å².